The Morgan fingerprint density at radius 3 is 2.84 bits per heavy atom. The number of rotatable bonds is 6. The molecule has 2 N–H and O–H groups in total. The molecule has 1 fully saturated rings. The molecule has 0 spiro atoms. The lowest BCUT2D eigenvalue weighted by Crippen LogP contribution is -2.48. The van der Waals surface area contributed by atoms with Crippen molar-refractivity contribution in [1.29, 1.82) is 0 Å². The van der Waals surface area contributed by atoms with E-state index in [0.717, 1.165) is 16.8 Å². The van der Waals surface area contributed by atoms with Gasteiger partial charge in [0.25, 0.3) is 5.91 Å². The number of aromatic nitrogens is 4. The van der Waals surface area contributed by atoms with Gasteiger partial charge in [-0.15, -0.1) is 10.2 Å². The third-order valence-electron chi connectivity index (χ3n) is 5.05. The predicted molar refractivity (Wildman–Crippen MR) is 108 cm³/mol. The van der Waals surface area contributed by atoms with E-state index in [4.69, 9.17) is 14.0 Å². The molecule has 0 radical (unpaired) electrons. The first-order chi connectivity index (χ1) is 15.0. The molecule has 1 aliphatic rings. The van der Waals surface area contributed by atoms with Crippen molar-refractivity contribution in [2.75, 3.05) is 13.2 Å². The molecule has 0 saturated carbocycles. The minimum Gasteiger partial charge on any atom is -0.472 e. The molecule has 10 nitrogen and oxygen atoms in total. The Morgan fingerprint density at radius 2 is 2.13 bits per heavy atom. The minimum absolute atomic E-state index is 0.138. The third kappa shape index (κ3) is 4.86. The first kappa shape index (κ1) is 20.9. The van der Waals surface area contributed by atoms with Crippen molar-refractivity contribution in [1.82, 2.24) is 25.7 Å². The van der Waals surface area contributed by atoms with Gasteiger partial charge in [0.1, 0.15) is 18.1 Å². The number of ether oxygens (including phenoxy) is 2. The number of aliphatic hydroxyl groups excluding tert-OH is 1. The number of aryl methyl sites for hydroxylation is 2. The van der Waals surface area contributed by atoms with Gasteiger partial charge in [0.15, 0.2) is 5.69 Å². The molecule has 0 unspecified atom stereocenters. The predicted octanol–water partition coefficient (Wildman–Crippen LogP) is 1.60. The van der Waals surface area contributed by atoms with Crippen LogP contribution in [-0.2, 0) is 11.3 Å². The highest BCUT2D eigenvalue weighted by Gasteiger charge is 2.26. The highest BCUT2D eigenvalue weighted by Crippen LogP contribution is 2.26. The van der Waals surface area contributed by atoms with Crippen molar-refractivity contribution in [2.24, 2.45) is 0 Å². The van der Waals surface area contributed by atoms with Crippen molar-refractivity contribution in [3.8, 4) is 17.1 Å². The van der Waals surface area contributed by atoms with Gasteiger partial charge in [0.2, 0.25) is 5.88 Å². The van der Waals surface area contributed by atoms with Gasteiger partial charge in [-0.1, -0.05) is 5.16 Å². The van der Waals surface area contributed by atoms with Crippen LogP contribution in [0.15, 0.2) is 35.0 Å². The first-order valence-electron chi connectivity index (χ1n) is 9.92. The zero-order valence-electron chi connectivity index (χ0n) is 17.2. The monoisotopic (exact) mass is 425 g/mol. The average Bonchev–Trinajstić information content (AvgIpc) is 3.15. The van der Waals surface area contributed by atoms with Crippen LogP contribution in [0.25, 0.3) is 11.3 Å². The van der Waals surface area contributed by atoms with E-state index in [-0.39, 0.29) is 30.8 Å². The summed E-state index contributed by atoms with van der Waals surface area (Å²) in [6, 6.07) is 6.54. The van der Waals surface area contributed by atoms with E-state index in [0.29, 0.717) is 24.5 Å². The third-order valence-corrected chi connectivity index (χ3v) is 5.05. The molecule has 162 valence electrons. The lowest BCUT2D eigenvalue weighted by atomic mass is 10.1. The van der Waals surface area contributed by atoms with Crippen LogP contribution in [0.1, 0.15) is 33.9 Å². The van der Waals surface area contributed by atoms with E-state index >= 15 is 0 Å². The number of carbonyl (C=O) groups excluding carboxylic acids is 1. The Morgan fingerprint density at radius 1 is 1.26 bits per heavy atom. The second-order valence-electron chi connectivity index (χ2n) is 7.31. The molecule has 31 heavy (non-hydrogen) atoms. The molecule has 3 aromatic heterocycles. The Bertz CT molecular complexity index is 1040. The summed E-state index contributed by atoms with van der Waals surface area (Å²) in [5.41, 5.74) is 3.31. The molecule has 1 aliphatic heterocycles. The fourth-order valence-electron chi connectivity index (χ4n) is 3.19. The molecule has 3 aromatic rings. The molecule has 4 heterocycles. The smallest absolute Gasteiger partial charge is 0.272 e. The van der Waals surface area contributed by atoms with Crippen LogP contribution >= 0.6 is 0 Å². The highest BCUT2D eigenvalue weighted by molar-refractivity contribution is 5.92. The summed E-state index contributed by atoms with van der Waals surface area (Å²) in [5, 5.41) is 24.7. The van der Waals surface area contributed by atoms with Crippen molar-refractivity contribution in [2.45, 2.75) is 39.0 Å². The standard InChI is InChI=1S/C21H23N5O5/c1-12-3-4-14(9-22-12)20-15(13(2)31-26-20)10-30-19-6-5-17(24-25-19)21(28)23-16-7-8-29-11-18(16)27/h3-6,9,16,18,27H,7-8,10-11H2,1-2H3,(H,23,28)/t16-,18-/m1/s1. The second-order valence-corrected chi connectivity index (χ2v) is 7.31. The van der Waals surface area contributed by atoms with Crippen LogP contribution in [-0.4, -0.2) is 56.7 Å². The van der Waals surface area contributed by atoms with Crippen LogP contribution in [0.2, 0.25) is 0 Å². The molecule has 0 bridgehead atoms. The summed E-state index contributed by atoms with van der Waals surface area (Å²) in [6.07, 6.45) is 1.54. The molecule has 0 aromatic carbocycles. The minimum atomic E-state index is -0.738. The van der Waals surface area contributed by atoms with Gasteiger partial charge in [-0.2, -0.15) is 0 Å². The van der Waals surface area contributed by atoms with E-state index in [1.165, 1.54) is 6.07 Å². The van der Waals surface area contributed by atoms with Crippen LogP contribution in [0, 0.1) is 13.8 Å². The molecule has 10 heteroatoms. The molecule has 1 amide bonds. The van der Waals surface area contributed by atoms with Crippen LogP contribution in [0.3, 0.4) is 0 Å². The first-order valence-corrected chi connectivity index (χ1v) is 9.92. The molecule has 0 aliphatic carbocycles. The Balaban J connectivity index is 1.39. The Labute approximate surface area is 178 Å². The quantitative estimate of drug-likeness (QED) is 0.604. The Hall–Kier alpha value is -3.37. The lowest BCUT2D eigenvalue weighted by molar-refractivity contribution is -0.0261. The van der Waals surface area contributed by atoms with Crippen molar-refractivity contribution in [3.05, 3.63) is 53.2 Å². The van der Waals surface area contributed by atoms with Crippen molar-refractivity contribution < 1.29 is 23.9 Å². The van der Waals surface area contributed by atoms with Crippen molar-refractivity contribution >= 4 is 5.91 Å². The van der Waals surface area contributed by atoms with Gasteiger partial charge in [-0.3, -0.25) is 9.78 Å². The van der Waals surface area contributed by atoms with Gasteiger partial charge in [0.05, 0.1) is 24.3 Å². The molecular formula is C21H23N5O5. The molecule has 4 rings (SSSR count). The topological polar surface area (TPSA) is 132 Å². The van der Waals surface area contributed by atoms with Crippen LogP contribution < -0.4 is 10.1 Å². The normalized spacial score (nSPS) is 18.5. The second kappa shape index (κ2) is 9.19. The van der Waals surface area contributed by atoms with E-state index < -0.39 is 12.0 Å². The Kier molecular flexibility index (Phi) is 6.19. The van der Waals surface area contributed by atoms with Gasteiger partial charge in [0, 0.05) is 30.1 Å². The maximum atomic E-state index is 12.4. The van der Waals surface area contributed by atoms with Gasteiger partial charge >= 0.3 is 0 Å². The SMILES string of the molecule is Cc1ccc(-c2noc(C)c2COc2ccc(C(=O)N[C@@H]3CCOC[C@H]3O)nn2)cn1. The molecular weight excluding hydrogens is 402 g/mol. The number of nitrogens with zero attached hydrogens (tertiary/aromatic N) is 4. The van der Waals surface area contributed by atoms with E-state index in [2.05, 4.69) is 25.7 Å². The summed E-state index contributed by atoms with van der Waals surface area (Å²) in [4.78, 5) is 16.6. The zero-order valence-corrected chi connectivity index (χ0v) is 17.2. The van der Waals surface area contributed by atoms with E-state index in [9.17, 15) is 9.90 Å². The largest absolute Gasteiger partial charge is 0.472 e. The van der Waals surface area contributed by atoms with Crippen LogP contribution in [0.5, 0.6) is 5.88 Å². The molecule has 1 saturated heterocycles. The number of pyridine rings is 1. The van der Waals surface area contributed by atoms with Crippen LogP contribution in [0.4, 0.5) is 0 Å². The maximum absolute atomic E-state index is 12.4. The van der Waals surface area contributed by atoms with Gasteiger partial charge in [-0.25, -0.2) is 0 Å². The number of amides is 1. The summed E-state index contributed by atoms with van der Waals surface area (Å²) in [6.45, 7) is 4.58. The zero-order chi connectivity index (χ0) is 21.8. The highest BCUT2D eigenvalue weighted by atomic mass is 16.5. The summed E-state index contributed by atoms with van der Waals surface area (Å²) in [5.74, 6) is 0.486. The van der Waals surface area contributed by atoms with Gasteiger partial charge < -0.3 is 24.4 Å². The van der Waals surface area contributed by atoms with E-state index in [1.807, 2.05) is 19.1 Å². The number of nitrogens with one attached hydrogen (secondary N) is 1. The number of aliphatic hydroxyl groups is 1. The number of hydrogen-bond donors (Lipinski definition) is 2. The maximum Gasteiger partial charge on any atom is 0.272 e. The van der Waals surface area contributed by atoms with E-state index in [1.54, 1.807) is 19.2 Å². The molecule has 2 atom stereocenters. The number of carbonyl (C=O) groups is 1. The number of hydrogen-bond acceptors (Lipinski definition) is 9. The lowest BCUT2D eigenvalue weighted by Gasteiger charge is -2.28. The average molecular weight is 425 g/mol. The van der Waals surface area contributed by atoms with Crippen molar-refractivity contribution in [3.63, 3.8) is 0 Å². The summed E-state index contributed by atoms with van der Waals surface area (Å²) in [7, 11) is 0. The van der Waals surface area contributed by atoms with Gasteiger partial charge in [-0.05, 0) is 38.5 Å². The summed E-state index contributed by atoms with van der Waals surface area (Å²) < 4.78 is 16.2. The fraction of sp³-hybridized carbons (Fsp3) is 0.381. The summed E-state index contributed by atoms with van der Waals surface area (Å²) >= 11 is 0. The fourth-order valence-corrected chi connectivity index (χ4v) is 3.19.